The third-order valence-corrected chi connectivity index (χ3v) is 6.65. The molecule has 10 heteroatoms. The van der Waals surface area contributed by atoms with Gasteiger partial charge in [-0.25, -0.2) is 21.9 Å². The van der Waals surface area contributed by atoms with E-state index in [1.54, 1.807) is 36.7 Å². The SMILES string of the molecule is COc1ccc(N(Cc2cccnc2)c2ccc(C(=O)NS(=O)(=O)c3ccc(F)cc3)cc2)cc1F. The maximum atomic E-state index is 14.5. The zero-order valence-electron chi connectivity index (χ0n) is 19.1. The predicted octanol–water partition coefficient (Wildman–Crippen LogP) is 4.83. The number of anilines is 2. The average Bonchev–Trinajstić information content (AvgIpc) is 2.88. The number of nitrogens with zero attached hydrogens (tertiary/aromatic N) is 2. The van der Waals surface area contributed by atoms with Gasteiger partial charge in [0.15, 0.2) is 11.6 Å². The Morgan fingerprint density at radius 1 is 0.972 bits per heavy atom. The van der Waals surface area contributed by atoms with Crippen LogP contribution in [0.3, 0.4) is 0 Å². The summed E-state index contributed by atoms with van der Waals surface area (Å²) in [5.74, 6) is -1.87. The van der Waals surface area contributed by atoms with Gasteiger partial charge in [0.25, 0.3) is 15.9 Å². The molecule has 3 aromatic carbocycles. The summed E-state index contributed by atoms with van der Waals surface area (Å²) in [5.41, 5.74) is 2.11. The molecule has 0 aliphatic carbocycles. The van der Waals surface area contributed by atoms with Crippen LogP contribution in [0.4, 0.5) is 20.2 Å². The highest BCUT2D eigenvalue weighted by molar-refractivity contribution is 7.90. The van der Waals surface area contributed by atoms with Crippen molar-refractivity contribution in [3.63, 3.8) is 0 Å². The van der Waals surface area contributed by atoms with Gasteiger partial charge in [0, 0.05) is 41.9 Å². The lowest BCUT2D eigenvalue weighted by Crippen LogP contribution is -2.30. The minimum Gasteiger partial charge on any atom is -0.494 e. The summed E-state index contributed by atoms with van der Waals surface area (Å²) in [4.78, 5) is 18.3. The molecule has 0 unspecified atom stereocenters. The van der Waals surface area contributed by atoms with Gasteiger partial charge >= 0.3 is 0 Å². The molecule has 36 heavy (non-hydrogen) atoms. The fraction of sp³-hybridized carbons (Fsp3) is 0.0769. The van der Waals surface area contributed by atoms with Gasteiger partial charge < -0.3 is 9.64 Å². The van der Waals surface area contributed by atoms with Crippen LogP contribution in [-0.4, -0.2) is 26.4 Å². The van der Waals surface area contributed by atoms with E-state index in [9.17, 15) is 22.0 Å². The van der Waals surface area contributed by atoms with Crippen LogP contribution >= 0.6 is 0 Å². The summed E-state index contributed by atoms with van der Waals surface area (Å²) in [6.07, 6.45) is 3.34. The van der Waals surface area contributed by atoms with E-state index in [1.807, 2.05) is 15.7 Å². The number of nitrogens with one attached hydrogen (secondary N) is 1. The van der Waals surface area contributed by atoms with Crippen LogP contribution in [0.5, 0.6) is 5.75 Å². The second-order valence-corrected chi connectivity index (χ2v) is 9.38. The number of hydrogen-bond acceptors (Lipinski definition) is 6. The first kappa shape index (κ1) is 24.8. The quantitative estimate of drug-likeness (QED) is 0.366. The van der Waals surface area contributed by atoms with Gasteiger partial charge in [-0.1, -0.05) is 6.07 Å². The van der Waals surface area contributed by atoms with Crippen LogP contribution in [0.25, 0.3) is 0 Å². The summed E-state index contributed by atoms with van der Waals surface area (Å²) < 4.78 is 59.5. The first-order valence-electron chi connectivity index (χ1n) is 10.7. The molecule has 0 spiro atoms. The van der Waals surface area contributed by atoms with Crippen molar-refractivity contribution in [2.75, 3.05) is 12.0 Å². The van der Waals surface area contributed by atoms with E-state index in [-0.39, 0.29) is 16.2 Å². The highest BCUT2D eigenvalue weighted by atomic mass is 32.2. The zero-order valence-corrected chi connectivity index (χ0v) is 19.9. The maximum absolute atomic E-state index is 14.5. The van der Waals surface area contributed by atoms with Gasteiger partial charge in [-0.15, -0.1) is 0 Å². The van der Waals surface area contributed by atoms with Crippen molar-refractivity contribution >= 4 is 27.3 Å². The molecule has 4 aromatic rings. The number of hydrogen-bond donors (Lipinski definition) is 1. The molecule has 0 radical (unpaired) electrons. The molecular weight excluding hydrogens is 488 g/mol. The van der Waals surface area contributed by atoms with Crippen LogP contribution in [0, 0.1) is 11.6 Å². The summed E-state index contributed by atoms with van der Waals surface area (Å²) in [7, 11) is -2.80. The number of methoxy groups -OCH3 is 1. The summed E-state index contributed by atoms with van der Waals surface area (Å²) >= 11 is 0. The molecular formula is C26H21F2N3O4S. The third-order valence-electron chi connectivity index (χ3n) is 5.30. The molecule has 1 heterocycles. The number of pyridine rings is 1. The molecule has 7 nitrogen and oxygen atoms in total. The summed E-state index contributed by atoms with van der Waals surface area (Å²) in [5, 5.41) is 0. The van der Waals surface area contributed by atoms with Crippen molar-refractivity contribution in [2.45, 2.75) is 11.4 Å². The minimum atomic E-state index is -4.18. The van der Waals surface area contributed by atoms with Crippen molar-refractivity contribution in [1.82, 2.24) is 9.71 Å². The fourth-order valence-electron chi connectivity index (χ4n) is 3.48. The Balaban J connectivity index is 1.60. The highest BCUT2D eigenvalue weighted by Crippen LogP contribution is 2.31. The molecule has 1 N–H and O–H groups in total. The standard InChI is InChI=1S/C26H21F2N3O4S/c1-35-25-13-10-22(15-24(25)28)31(17-18-3-2-14-29-16-18)21-8-4-19(5-9-21)26(32)30-36(33,34)23-11-6-20(27)7-12-23/h2-16H,17H2,1H3,(H,30,32). The van der Waals surface area contributed by atoms with Gasteiger partial charge in [-0.2, -0.15) is 0 Å². The molecule has 1 aromatic heterocycles. The number of ether oxygens (including phenoxy) is 1. The van der Waals surface area contributed by atoms with E-state index in [0.717, 1.165) is 29.8 Å². The lowest BCUT2D eigenvalue weighted by molar-refractivity contribution is 0.0981. The Morgan fingerprint density at radius 2 is 1.67 bits per heavy atom. The Labute approximate surface area is 207 Å². The van der Waals surface area contributed by atoms with Crippen LogP contribution in [0.2, 0.25) is 0 Å². The summed E-state index contributed by atoms with van der Waals surface area (Å²) in [6.45, 7) is 0.351. The number of amides is 1. The van der Waals surface area contributed by atoms with Crippen LogP contribution < -0.4 is 14.4 Å². The Bertz CT molecular complexity index is 1460. The molecule has 0 atom stereocenters. The zero-order chi connectivity index (χ0) is 25.7. The molecule has 0 aliphatic heterocycles. The number of benzene rings is 3. The number of carbonyl (C=O) groups is 1. The topological polar surface area (TPSA) is 88.6 Å². The van der Waals surface area contributed by atoms with E-state index < -0.39 is 27.6 Å². The van der Waals surface area contributed by atoms with Gasteiger partial charge in [-0.05, 0) is 72.3 Å². The molecule has 1 amide bonds. The Kier molecular flexibility index (Phi) is 7.25. The van der Waals surface area contributed by atoms with Gasteiger partial charge in [-0.3, -0.25) is 9.78 Å². The monoisotopic (exact) mass is 509 g/mol. The van der Waals surface area contributed by atoms with E-state index in [4.69, 9.17) is 4.74 Å². The molecule has 0 aliphatic rings. The molecule has 0 saturated carbocycles. The number of aromatic nitrogens is 1. The molecule has 0 saturated heterocycles. The van der Waals surface area contributed by atoms with E-state index in [1.165, 1.54) is 31.4 Å². The average molecular weight is 510 g/mol. The lowest BCUT2D eigenvalue weighted by Gasteiger charge is -2.25. The van der Waals surface area contributed by atoms with E-state index in [0.29, 0.717) is 17.9 Å². The normalized spacial score (nSPS) is 11.1. The van der Waals surface area contributed by atoms with Crippen molar-refractivity contribution in [3.05, 3.63) is 114 Å². The van der Waals surface area contributed by atoms with Gasteiger partial charge in [0.1, 0.15) is 5.82 Å². The predicted molar refractivity (Wildman–Crippen MR) is 131 cm³/mol. The smallest absolute Gasteiger partial charge is 0.264 e. The number of halogens is 2. The lowest BCUT2D eigenvalue weighted by atomic mass is 10.1. The fourth-order valence-corrected chi connectivity index (χ4v) is 4.45. The highest BCUT2D eigenvalue weighted by Gasteiger charge is 2.20. The molecule has 184 valence electrons. The third kappa shape index (κ3) is 5.66. The van der Waals surface area contributed by atoms with Crippen molar-refractivity contribution in [1.29, 1.82) is 0 Å². The van der Waals surface area contributed by atoms with Crippen molar-refractivity contribution < 1.29 is 26.7 Å². The second-order valence-electron chi connectivity index (χ2n) is 7.70. The van der Waals surface area contributed by atoms with Gasteiger partial charge in [0.2, 0.25) is 0 Å². The van der Waals surface area contributed by atoms with Gasteiger partial charge in [0.05, 0.1) is 12.0 Å². The van der Waals surface area contributed by atoms with Crippen LogP contribution in [0.15, 0.2) is 96.2 Å². The Morgan fingerprint density at radius 3 is 2.28 bits per heavy atom. The van der Waals surface area contributed by atoms with E-state index in [2.05, 4.69) is 4.98 Å². The van der Waals surface area contributed by atoms with E-state index >= 15 is 0 Å². The first-order valence-corrected chi connectivity index (χ1v) is 12.2. The second kappa shape index (κ2) is 10.5. The van der Waals surface area contributed by atoms with Crippen molar-refractivity contribution in [3.8, 4) is 5.75 Å². The number of carbonyl (C=O) groups excluding carboxylic acids is 1. The van der Waals surface area contributed by atoms with Crippen LogP contribution in [0.1, 0.15) is 15.9 Å². The summed E-state index contributed by atoms with van der Waals surface area (Å²) in [6, 6.07) is 18.5. The molecule has 0 bridgehead atoms. The number of sulfonamides is 1. The largest absolute Gasteiger partial charge is 0.494 e. The first-order chi connectivity index (χ1) is 17.3. The van der Waals surface area contributed by atoms with Crippen LogP contribution in [-0.2, 0) is 16.6 Å². The minimum absolute atomic E-state index is 0.0895. The molecule has 0 fully saturated rings. The number of rotatable bonds is 8. The maximum Gasteiger partial charge on any atom is 0.264 e. The Hall–Kier alpha value is -4.31. The molecule has 4 rings (SSSR count). The van der Waals surface area contributed by atoms with Crippen molar-refractivity contribution in [2.24, 2.45) is 0 Å².